The van der Waals surface area contributed by atoms with Crippen LogP contribution in [0.4, 0.5) is 0 Å². The van der Waals surface area contributed by atoms with Crippen LogP contribution >= 0.6 is 0 Å². The number of rotatable bonds is 7. The molecule has 19 heavy (non-hydrogen) atoms. The monoisotopic (exact) mass is 261 g/mol. The Morgan fingerprint density at radius 3 is 2.84 bits per heavy atom. The van der Waals surface area contributed by atoms with Crippen molar-refractivity contribution in [3.8, 4) is 0 Å². The highest BCUT2D eigenvalue weighted by Crippen LogP contribution is 2.28. The largest absolute Gasteiger partial charge is 0.392 e. The molecule has 0 aliphatic heterocycles. The molecule has 0 radical (unpaired) electrons. The normalized spacial score (nSPS) is 17.8. The first-order chi connectivity index (χ1) is 9.24. The van der Waals surface area contributed by atoms with Gasteiger partial charge in [0.25, 0.3) is 0 Å². The number of hydrogen-bond donors (Lipinski definition) is 2. The van der Waals surface area contributed by atoms with Crippen LogP contribution in [0.5, 0.6) is 0 Å². The van der Waals surface area contributed by atoms with Gasteiger partial charge in [0, 0.05) is 6.54 Å². The summed E-state index contributed by atoms with van der Waals surface area (Å²) in [4.78, 5) is 0. The highest BCUT2D eigenvalue weighted by atomic mass is 16.3. The van der Waals surface area contributed by atoms with Gasteiger partial charge in [0.1, 0.15) is 0 Å². The van der Waals surface area contributed by atoms with E-state index in [1.807, 2.05) is 0 Å². The summed E-state index contributed by atoms with van der Waals surface area (Å²) in [7, 11) is 0. The molecule has 2 nitrogen and oxygen atoms in total. The summed E-state index contributed by atoms with van der Waals surface area (Å²) in [6.45, 7) is 3.82. The van der Waals surface area contributed by atoms with Crippen molar-refractivity contribution in [3.63, 3.8) is 0 Å². The zero-order chi connectivity index (χ0) is 13.5. The summed E-state index contributed by atoms with van der Waals surface area (Å²) in [6.07, 6.45) is 7.22. The molecule has 0 spiro atoms. The molecule has 106 valence electrons. The second-order valence-electron chi connectivity index (χ2n) is 5.98. The Labute approximate surface area is 117 Å². The van der Waals surface area contributed by atoms with Crippen molar-refractivity contribution in [3.05, 3.63) is 35.4 Å². The SMILES string of the molecule is Cc1cccc(CCNCC(O)CC2CCCC2)c1. The van der Waals surface area contributed by atoms with E-state index in [9.17, 15) is 5.11 Å². The predicted octanol–water partition coefficient (Wildman–Crippen LogP) is 3.07. The maximum Gasteiger partial charge on any atom is 0.0667 e. The van der Waals surface area contributed by atoms with Gasteiger partial charge in [-0.05, 0) is 37.8 Å². The summed E-state index contributed by atoms with van der Waals surface area (Å²) < 4.78 is 0. The second kappa shape index (κ2) is 7.66. The minimum atomic E-state index is -0.166. The number of aliphatic hydroxyl groups is 1. The first-order valence-corrected chi connectivity index (χ1v) is 7.68. The topological polar surface area (TPSA) is 32.3 Å². The lowest BCUT2D eigenvalue weighted by molar-refractivity contribution is 0.141. The molecule has 0 heterocycles. The van der Waals surface area contributed by atoms with Gasteiger partial charge >= 0.3 is 0 Å². The fourth-order valence-corrected chi connectivity index (χ4v) is 3.08. The van der Waals surface area contributed by atoms with E-state index in [4.69, 9.17) is 0 Å². The maximum absolute atomic E-state index is 9.99. The van der Waals surface area contributed by atoms with E-state index in [1.165, 1.54) is 36.8 Å². The Morgan fingerprint density at radius 1 is 1.32 bits per heavy atom. The zero-order valence-corrected chi connectivity index (χ0v) is 12.1. The van der Waals surface area contributed by atoms with Gasteiger partial charge in [0.15, 0.2) is 0 Å². The van der Waals surface area contributed by atoms with Crippen LogP contribution in [0.1, 0.15) is 43.2 Å². The van der Waals surface area contributed by atoms with E-state index in [0.717, 1.165) is 31.8 Å². The van der Waals surface area contributed by atoms with Gasteiger partial charge < -0.3 is 10.4 Å². The average molecular weight is 261 g/mol. The van der Waals surface area contributed by atoms with Gasteiger partial charge in [-0.1, -0.05) is 55.5 Å². The van der Waals surface area contributed by atoms with Crippen LogP contribution in [0, 0.1) is 12.8 Å². The zero-order valence-electron chi connectivity index (χ0n) is 12.1. The molecular formula is C17H27NO. The predicted molar refractivity (Wildman–Crippen MR) is 80.3 cm³/mol. The molecule has 1 atom stereocenters. The van der Waals surface area contributed by atoms with Crippen LogP contribution in [0.25, 0.3) is 0 Å². The summed E-state index contributed by atoms with van der Waals surface area (Å²) in [5, 5.41) is 13.4. The van der Waals surface area contributed by atoms with Gasteiger partial charge in [0.05, 0.1) is 6.10 Å². The van der Waals surface area contributed by atoms with E-state index >= 15 is 0 Å². The van der Waals surface area contributed by atoms with Gasteiger partial charge in [0.2, 0.25) is 0 Å². The molecule has 1 aromatic carbocycles. The third-order valence-electron chi connectivity index (χ3n) is 4.13. The van der Waals surface area contributed by atoms with Gasteiger partial charge in [-0.2, -0.15) is 0 Å². The number of hydrogen-bond acceptors (Lipinski definition) is 2. The molecule has 0 amide bonds. The lowest BCUT2D eigenvalue weighted by atomic mass is 10.00. The lowest BCUT2D eigenvalue weighted by Gasteiger charge is -2.16. The molecule has 1 aliphatic rings. The number of aliphatic hydroxyl groups excluding tert-OH is 1. The van der Waals surface area contributed by atoms with Crippen molar-refractivity contribution in [2.24, 2.45) is 5.92 Å². The van der Waals surface area contributed by atoms with Gasteiger partial charge in [-0.3, -0.25) is 0 Å². The third kappa shape index (κ3) is 5.33. The molecule has 2 N–H and O–H groups in total. The number of aryl methyl sites for hydroxylation is 1. The fourth-order valence-electron chi connectivity index (χ4n) is 3.08. The van der Waals surface area contributed by atoms with E-state index in [2.05, 4.69) is 36.5 Å². The van der Waals surface area contributed by atoms with Crippen molar-refractivity contribution in [2.75, 3.05) is 13.1 Å². The molecule has 1 unspecified atom stereocenters. The highest BCUT2D eigenvalue weighted by molar-refractivity contribution is 5.22. The Kier molecular flexibility index (Phi) is 5.87. The summed E-state index contributed by atoms with van der Waals surface area (Å²) in [6, 6.07) is 8.64. The molecule has 0 aromatic heterocycles. The van der Waals surface area contributed by atoms with Gasteiger partial charge in [-0.15, -0.1) is 0 Å². The molecule has 0 saturated heterocycles. The Morgan fingerprint density at radius 2 is 2.11 bits per heavy atom. The van der Waals surface area contributed by atoms with Crippen LogP contribution < -0.4 is 5.32 Å². The average Bonchev–Trinajstić information content (AvgIpc) is 2.87. The number of nitrogens with one attached hydrogen (secondary N) is 1. The Hall–Kier alpha value is -0.860. The third-order valence-corrected chi connectivity index (χ3v) is 4.13. The van der Waals surface area contributed by atoms with Crippen LogP contribution in [-0.2, 0) is 6.42 Å². The molecule has 1 saturated carbocycles. The molecule has 1 aliphatic carbocycles. The molecule has 2 heteroatoms. The van der Waals surface area contributed by atoms with Crippen molar-refractivity contribution < 1.29 is 5.11 Å². The minimum Gasteiger partial charge on any atom is -0.392 e. The summed E-state index contributed by atoms with van der Waals surface area (Å²) in [5.41, 5.74) is 2.69. The molecular weight excluding hydrogens is 234 g/mol. The second-order valence-corrected chi connectivity index (χ2v) is 5.98. The molecule has 0 bridgehead atoms. The lowest BCUT2D eigenvalue weighted by Crippen LogP contribution is -2.29. The molecule has 1 aromatic rings. The Balaban J connectivity index is 1.58. The van der Waals surface area contributed by atoms with Crippen molar-refractivity contribution in [1.82, 2.24) is 5.32 Å². The number of benzene rings is 1. The molecule has 2 rings (SSSR count). The van der Waals surface area contributed by atoms with Crippen molar-refractivity contribution in [1.29, 1.82) is 0 Å². The van der Waals surface area contributed by atoms with Crippen molar-refractivity contribution >= 4 is 0 Å². The quantitative estimate of drug-likeness (QED) is 0.739. The van der Waals surface area contributed by atoms with E-state index in [0.29, 0.717) is 0 Å². The van der Waals surface area contributed by atoms with Crippen molar-refractivity contribution in [2.45, 2.75) is 51.6 Å². The maximum atomic E-state index is 9.99. The van der Waals surface area contributed by atoms with E-state index < -0.39 is 0 Å². The minimum absolute atomic E-state index is 0.166. The first-order valence-electron chi connectivity index (χ1n) is 7.68. The fraction of sp³-hybridized carbons (Fsp3) is 0.647. The summed E-state index contributed by atoms with van der Waals surface area (Å²) >= 11 is 0. The van der Waals surface area contributed by atoms with Gasteiger partial charge in [-0.25, -0.2) is 0 Å². The summed E-state index contributed by atoms with van der Waals surface area (Å²) in [5.74, 6) is 0.772. The Bertz CT molecular complexity index is 371. The van der Waals surface area contributed by atoms with E-state index in [-0.39, 0.29) is 6.10 Å². The van der Waals surface area contributed by atoms with E-state index in [1.54, 1.807) is 0 Å². The van der Waals surface area contributed by atoms with Crippen LogP contribution in [0.15, 0.2) is 24.3 Å². The first kappa shape index (κ1) is 14.5. The highest BCUT2D eigenvalue weighted by Gasteiger charge is 2.18. The van der Waals surface area contributed by atoms with Crippen LogP contribution in [-0.4, -0.2) is 24.3 Å². The van der Waals surface area contributed by atoms with Crippen LogP contribution in [0.3, 0.4) is 0 Å². The standard InChI is InChI=1S/C17H27NO/c1-14-5-4-8-16(11-14)9-10-18-13-17(19)12-15-6-2-3-7-15/h4-5,8,11,15,17-19H,2-3,6-7,9-10,12-13H2,1H3. The smallest absolute Gasteiger partial charge is 0.0667 e. The van der Waals surface area contributed by atoms with Crippen LogP contribution in [0.2, 0.25) is 0 Å². The molecule has 1 fully saturated rings.